The van der Waals surface area contributed by atoms with Crippen LogP contribution in [0.3, 0.4) is 0 Å². The van der Waals surface area contributed by atoms with Gasteiger partial charge >= 0.3 is 0 Å². The van der Waals surface area contributed by atoms with Gasteiger partial charge in [-0.1, -0.05) is 12.1 Å². The van der Waals surface area contributed by atoms with E-state index in [9.17, 15) is 0 Å². The Kier molecular flexibility index (Phi) is 4.51. The van der Waals surface area contributed by atoms with Crippen molar-refractivity contribution in [1.82, 2.24) is 10.2 Å². The molecule has 3 unspecified atom stereocenters. The van der Waals surface area contributed by atoms with Gasteiger partial charge in [0.05, 0.1) is 0 Å². The minimum atomic E-state index is 0.444. The van der Waals surface area contributed by atoms with E-state index in [1.165, 1.54) is 50.0 Å². The van der Waals surface area contributed by atoms with Crippen molar-refractivity contribution < 1.29 is 0 Å². The quantitative estimate of drug-likeness (QED) is 0.918. The number of rotatable bonds is 4. The maximum absolute atomic E-state index is 3.86. The van der Waals surface area contributed by atoms with E-state index in [0.29, 0.717) is 12.1 Å². The van der Waals surface area contributed by atoms with E-state index in [1.54, 1.807) is 0 Å². The molecule has 1 aromatic carbocycles. The highest BCUT2D eigenvalue weighted by molar-refractivity contribution is 5.46. The van der Waals surface area contributed by atoms with Gasteiger partial charge in [0.1, 0.15) is 0 Å². The number of nitrogens with zero attached hydrogens (tertiary/aromatic N) is 2. The molecule has 3 rings (SSSR count). The summed E-state index contributed by atoms with van der Waals surface area (Å²) in [6.45, 7) is 4.92. The SMILES string of the molecule is CC(NC1CCN2CCCC2C1)c1ccc(N(C)C)cc1. The number of piperidine rings is 1. The average Bonchev–Trinajstić information content (AvgIpc) is 2.95. The van der Waals surface area contributed by atoms with Crippen LogP contribution in [0.1, 0.15) is 44.2 Å². The van der Waals surface area contributed by atoms with Crippen LogP contribution >= 0.6 is 0 Å². The van der Waals surface area contributed by atoms with Gasteiger partial charge in [0, 0.05) is 37.9 Å². The van der Waals surface area contributed by atoms with Crippen molar-refractivity contribution in [2.24, 2.45) is 0 Å². The van der Waals surface area contributed by atoms with Crippen molar-refractivity contribution in [3.63, 3.8) is 0 Å². The number of nitrogens with one attached hydrogen (secondary N) is 1. The third-order valence-electron chi connectivity index (χ3n) is 5.22. The van der Waals surface area contributed by atoms with Crippen molar-refractivity contribution in [2.75, 3.05) is 32.1 Å². The Morgan fingerprint density at radius 1 is 1.14 bits per heavy atom. The molecule has 0 radical (unpaired) electrons. The normalized spacial score (nSPS) is 27.4. The molecule has 0 bridgehead atoms. The van der Waals surface area contributed by atoms with E-state index < -0.39 is 0 Å². The molecule has 0 saturated carbocycles. The average molecular weight is 287 g/mol. The number of anilines is 1. The van der Waals surface area contributed by atoms with Gasteiger partial charge in [-0.25, -0.2) is 0 Å². The molecular formula is C18H29N3. The summed E-state index contributed by atoms with van der Waals surface area (Å²) < 4.78 is 0. The van der Waals surface area contributed by atoms with Crippen molar-refractivity contribution >= 4 is 5.69 Å². The summed E-state index contributed by atoms with van der Waals surface area (Å²) in [7, 11) is 4.18. The summed E-state index contributed by atoms with van der Waals surface area (Å²) in [5.41, 5.74) is 2.67. The zero-order valence-corrected chi connectivity index (χ0v) is 13.7. The van der Waals surface area contributed by atoms with Gasteiger partial charge in [0.15, 0.2) is 0 Å². The van der Waals surface area contributed by atoms with Crippen molar-refractivity contribution in [1.29, 1.82) is 0 Å². The fourth-order valence-corrected chi connectivity index (χ4v) is 3.89. The molecule has 1 aromatic rings. The lowest BCUT2D eigenvalue weighted by Gasteiger charge is -2.36. The first-order valence-corrected chi connectivity index (χ1v) is 8.41. The molecule has 0 aliphatic carbocycles. The van der Waals surface area contributed by atoms with E-state index in [1.807, 2.05) is 0 Å². The van der Waals surface area contributed by atoms with Gasteiger partial charge < -0.3 is 15.1 Å². The van der Waals surface area contributed by atoms with E-state index in [4.69, 9.17) is 0 Å². The molecule has 3 heteroatoms. The fourth-order valence-electron chi connectivity index (χ4n) is 3.89. The lowest BCUT2D eigenvalue weighted by molar-refractivity contribution is 0.162. The second-order valence-corrected chi connectivity index (χ2v) is 6.93. The van der Waals surface area contributed by atoms with Gasteiger partial charge in [-0.05, 0) is 63.4 Å². The minimum Gasteiger partial charge on any atom is -0.378 e. The molecule has 2 fully saturated rings. The summed E-state index contributed by atoms with van der Waals surface area (Å²) in [4.78, 5) is 4.84. The molecule has 0 aromatic heterocycles. The van der Waals surface area contributed by atoms with Gasteiger partial charge in [-0.15, -0.1) is 0 Å². The smallest absolute Gasteiger partial charge is 0.0361 e. The Morgan fingerprint density at radius 2 is 1.90 bits per heavy atom. The molecule has 21 heavy (non-hydrogen) atoms. The molecule has 2 aliphatic rings. The van der Waals surface area contributed by atoms with E-state index in [2.05, 4.69) is 60.4 Å². The van der Waals surface area contributed by atoms with Crippen molar-refractivity contribution in [3.05, 3.63) is 29.8 Å². The molecule has 0 spiro atoms. The lowest BCUT2D eigenvalue weighted by Crippen LogP contribution is -2.46. The number of benzene rings is 1. The topological polar surface area (TPSA) is 18.5 Å². The summed E-state index contributed by atoms with van der Waals surface area (Å²) in [5, 5.41) is 3.86. The highest BCUT2D eigenvalue weighted by Crippen LogP contribution is 2.28. The van der Waals surface area contributed by atoms with Gasteiger partial charge in [0.2, 0.25) is 0 Å². The second-order valence-electron chi connectivity index (χ2n) is 6.93. The zero-order chi connectivity index (χ0) is 14.8. The van der Waals surface area contributed by atoms with Crippen LogP contribution in [-0.2, 0) is 0 Å². The molecule has 2 saturated heterocycles. The Labute approximate surface area is 129 Å². The third kappa shape index (κ3) is 3.41. The lowest BCUT2D eigenvalue weighted by atomic mass is 9.96. The minimum absolute atomic E-state index is 0.444. The predicted octanol–water partition coefficient (Wildman–Crippen LogP) is 3.03. The predicted molar refractivity (Wildman–Crippen MR) is 89.9 cm³/mol. The second kappa shape index (κ2) is 6.37. The molecule has 2 heterocycles. The highest BCUT2D eigenvalue weighted by Gasteiger charge is 2.31. The van der Waals surface area contributed by atoms with Gasteiger partial charge in [-0.2, -0.15) is 0 Å². The Hall–Kier alpha value is -1.06. The summed E-state index contributed by atoms with van der Waals surface area (Å²) in [5.74, 6) is 0. The highest BCUT2D eigenvalue weighted by atomic mass is 15.2. The van der Waals surface area contributed by atoms with Crippen LogP contribution < -0.4 is 10.2 Å². The van der Waals surface area contributed by atoms with E-state index in [0.717, 1.165) is 6.04 Å². The van der Waals surface area contributed by atoms with Crippen LogP contribution in [0.25, 0.3) is 0 Å². The summed E-state index contributed by atoms with van der Waals surface area (Å²) >= 11 is 0. The third-order valence-corrected chi connectivity index (χ3v) is 5.22. The van der Waals surface area contributed by atoms with Gasteiger partial charge in [0.25, 0.3) is 0 Å². The Morgan fingerprint density at radius 3 is 2.62 bits per heavy atom. The maximum atomic E-state index is 3.86. The number of hydrogen-bond donors (Lipinski definition) is 1. The molecule has 3 atom stereocenters. The van der Waals surface area contributed by atoms with Crippen LogP contribution in [0.2, 0.25) is 0 Å². The van der Waals surface area contributed by atoms with E-state index in [-0.39, 0.29) is 0 Å². The zero-order valence-electron chi connectivity index (χ0n) is 13.7. The maximum Gasteiger partial charge on any atom is 0.0361 e. The van der Waals surface area contributed by atoms with Crippen molar-refractivity contribution in [3.8, 4) is 0 Å². The van der Waals surface area contributed by atoms with Crippen LogP contribution in [0.5, 0.6) is 0 Å². The number of hydrogen-bond acceptors (Lipinski definition) is 3. The van der Waals surface area contributed by atoms with E-state index >= 15 is 0 Å². The number of fused-ring (bicyclic) bond motifs is 1. The molecule has 3 nitrogen and oxygen atoms in total. The first-order valence-electron chi connectivity index (χ1n) is 8.41. The van der Waals surface area contributed by atoms with Crippen LogP contribution in [0, 0.1) is 0 Å². The Bertz CT molecular complexity index is 454. The molecule has 1 N–H and O–H groups in total. The first kappa shape index (κ1) is 14.9. The van der Waals surface area contributed by atoms with Crippen LogP contribution in [0.15, 0.2) is 24.3 Å². The first-order chi connectivity index (χ1) is 10.1. The van der Waals surface area contributed by atoms with Crippen molar-refractivity contribution in [2.45, 2.75) is 50.7 Å². The summed E-state index contributed by atoms with van der Waals surface area (Å²) in [6.07, 6.45) is 5.44. The standard InChI is InChI=1S/C18H29N3/c1-14(15-6-8-17(9-7-15)20(2)3)19-16-10-12-21-11-4-5-18(21)13-16/h6-9,14,16,18-19H,4-5,10-13H2,1-3H3. The fraction of sp³-hybridized carbons (Fsp3) is 0.667. The summed E-state index contributed by atoms with van der Waals surface area (Å²) in [6, 6.07) is 10.9. The van der Waals surface area contributed by atoms with Crippen LogP contribution in [0.4, 0.5) is 5.69 Å². The largest absolute Gasteiger partial charge is 0.378 e. The molecule has 2 aliphatic heterocycles. The van der Waals surface area contributed by atoms with Crippen LogP contribution in [-0.4, -0.2) is 44.2 Å². The molecule has 0 amide bonds. The Balaban J connectivity index is 1.57. The monoisotopic (exact) mass is 287 g/mol. The molecule has 116 valence electrons. The molecular weight excluding hydrogens is 258 g/mol. The van der Waals surface area contributed by atoms with Gasteiger partial charge in [-0.3, -0.25) is 0 Å².